The standard InChI is InChI=1S/C17H24N2O2/c1-14(2)12-17(21)19-10-8-18(9-11-19)13-16(20)15-6-4-3-5-7-15/h3-7,14H,8-13H2,1-2H3. The number of nitrogens with zero attached hydrogens (tertiary/aromatic N) is 2. The molecule has 21 heavy (non-hydrogen) atoms. The van der Waals surface area contributed by atoms with Crippen molar-refractivity contribution in [2.24, 2.45) is 5.92 Å². The van der Waals surface area contributed by atoms with E-state index < -0.39 is 0 Å². The Bertz CT molecular complexity index is 477. The van der Waals surface area contributed by atoms with Gasteiger partial charge in [0, 0.05) is 38.2 Å². The van der Waals surface area contributed by atoms with E-state index in [0.717, 1.165) is 31.7 Å². The van der Waals surface area contributed by atoms with Gasteiger partial charge in [-0.3, -0.25) is 14.5 Å². The van der Waals surface area contributed by atoms with Gasteiger partial charge in [0.1, 0.15) is 0 Å². The molecule has 0 radical (unpaired) electrons. The molecule has 1 fully saturated rings. The van der Waals surface area contributed by atoms with Crippen LogP contribution in [-0.2, 0) is 4.79 Å². The van der Waals surface area contributed by atoms with Gasteiger partial charge < -0.3 is 4.90 Å². The number of hydrogen-bond donors (Lipinski definition) is 0. The number of piperazine rings is 1. The van der Waals surface area contributed by atoms with E-state index in [-0.39, 0.29) is 11.7 Å². The van der Waals surface area contributed by atoms with E-state index in [1.807, 2.05) is 35.2 Å². The molecule has 0 atom stereocenters. The van der Waals surface area contributed by atoms with Crippen molar-refractivity contribution < 1.29 is 9.59 Å². The Kier molecular flexibility index (Phi) is 5.51. The number of carbonyl (C=O) groups is 2. The van der Waals surface area contributed by atoms with Crippen molar-refractivity contribution >= 4 is 11.7 Å². The van der Waals surface area contributed by atoms with Crippen molar-refractivity contribution in [1.29, 1.82) is 0 Å². The maximum Gasteiger partial charge on any atom is 0.222 e. The summed E-state index contributed by atoms with van der Waals surface area (Å²) in [5.74, 6) is 0.784. The lowest BCUT2D eigenvalue weighted by atomic mass is 10.1. The van der Waals surface area contributed by atoms with Crippen LogP contribution in [0, 0.1) is 5.92 Å². The van der Waals surface area contributed by atoms with Crippen LogP contribution < -0.4 is 0 Å². The molecule has 2 rings (SSSR count). The van der Waals surface area contributed by atoms with E-state index in [1.54, 1.807) is 0 Å². The first-order valence-corrected chi connectivity index (χ1v) is 7.64. The molecule has 1 amide bonds. The molecule has 4 nitrogen and oxygen atoms in total. The number of Topliss-reactive ketones (excluding diaryl/α,β-unsaturated/α-hetero) is 1. The van der Waals surface area contributed by atoms with Crippen LogP contribution in [0.1, 0.15) is 30.6 Å². The number of benzene rings is 1. The maximum atomic E-state index is 12.2. The summed E-state index contributed by atoms with van der Waals surface area (Å²) in [7, 11) is 0. The molecule has 114 valence electrons. The SMILES string of the molecule is CC(C)CC(=O)N1CCN(CC(=O)c2ccccc2)CC1. The molecule has 1 saturated heterocycles. The molecule has 0 N–H and O–H groups in total. The summed E-state index contributed by atoms with van der Waals surface area (Å²) in [6.07, 6.45) is 0.614. The zero-order chi connectivity index (χ0) is 15.2. The molecule has 1 aromatic carbocycles. The first-order valence-electron chi connectivity index (χ1n) is 7.64. The number of amides is 1. The molecule has 1 aromatic rings. The summed E-state index contributed by atoms with van der Waals surface area (Å²) < 4.78 is 0. The third-order valence-corrected chi connectivity index (χ3v) is 3.77. The van der Waals surface area contributed by atoms with E-state index in [9.17, 15) is 9.59 Å². The van der Waals surface area contributed by atoms with E-state index in [0.29, 0.717) is 18.9 Å². The number of hydrogen-bond acceptors (Lipinski definition) is 3. The highest BCUT2D eigenvalue weighted by Gasteiger charge is 2.22. The van der Waals surface area contributed by atoms with Gasteiger partial charge in [0.2, 0.25) is 5.91 Å². The zero-order valence-corrected chi connectivity index (χ0v) is 12.9. The summed E-state index contributed by atoms with van der Waals surface area (Å²) in [5.41, 5.74) is 0.760. The fourth-order valence-corrected chi connectivity index (χ4v) is 2.55. The minimum Gasteiger partial charge on any atom is -0.340 e. The van der Waals surface area contributed by atoms with Crippen LogP contribution in [0.5, 0.6) is 0 Å². The predicted octanol–water partition coefficient (Wildman–Crippen LogP) is 2.06. The lowest BCUT2D eigenvalue weighted by molar-refractivity contribution is -0.133. The van der Waals surface area contributed by atoms with Crippen LogP contribution in [-0.4, -0.2) is 54.2 Å². The summed E-state index contributed by atoms with van der Waals surface area (Å²) in [5, 5.41) is 0. The molecular formula is C17H24N2O2. The van der Waals surface area contributed by atoms with Crippen molar-refractivity contribution in [3.63, 3.8) is 0 Å². The molecule has 1 aliphatic rings. The molecule has 0 saturated carbocycles. The number of carbonyl (C=O) groups excluding carboxylic acids is 2. The lowest BCUT2D eigenvalue weighted by Gasteiger charge is -2.34. The van der Waals surface area contributed by atoms with Gasteiger partial charge >= 0.3 is 0 Å². The number of rotatable bonds is 5. The Morgan fingerprint density at radius 1 is 1.05 bits per heavy atom. The van der Waals surface area contributed by atoms with E-state index >= 15 is 0 Å². The van der Waals surface area contributed by atoms with Crippen molar-refractivity contribution in [3.8, 4) is 0 Å². The first kappa shape index (κ1) is 15.7. The second-order valence-electron chi connectivity index (χ2n) is 6.04. The average Bonchev–Trinajstić information content (AvgIpc) is 2.48. The Labute approximate surface area is 126 Å². The topological polar surface area (TPSA) is 40.6 Å². The fourth-order valence-electron chi connectivity index (χ4n) is 2.55. The van der Waals surface area contributed by atoms with Gasteiger partial charge in [-0.2, -0.15) is 0 Å². The van der Waals surface area contributed by atoms with Crippen LogP contribution in [0.3, 0.4) is 0 Å². The molecule has 0 unspecified atom stereocenters. The quantitative estimate of drug-likeness (QED) is 0.779. The number of ketones is 1. The highest BCUT2D eigenvalue weighted by Crippen LogP contribution is 2.09. The molecule has 0 spiro atoms. The van der Waals surface area contributed by atoms with Crippen LogP contribution in [0.25, 0.3) is 0 Å². The fraction of sp³-hybridized carbons (Fsp3) is 0.529. The third kappa shape index (κ3) is 4.67. The lowest BCUT2D eigenvalue weighted by Crippen LogP contribution is -2.50. The van der Waals surface area contributed by atoms with Crippen LogP contribution in [0.15, 0.2) is 30.3 Å². The Morgan fingerprint density at radius 2 is 1.67 bits per heavy atom. The van der Waals surface area contributed by atoms with Gasteiger partial charge in [-0.15, -0.1) is 0 Å². The molecule has 4 heteroatoms. The Balaban J connectivity index is 1.79. The van der Waals surface area contributed by atoms with E-state index in [1.165, 1.54) is 0 Å². The maximum absolute atomic E-state index is 12.2. The van der Waals surface area contributed by atoms with Crippen molar-refractivity contribution in [3.05, 3.63) is 35.9 Å². The summed E-state index contributed by atoms with van der Waals surface area (Å²) in [6.45, 7) is 7.58. The largest absolute Gasteiger partial charge is 0.340 e. The average molecular weight is 288 g/mol. The van der Waals surface area contributed by atoms with Gasteiger partial charge in [0.05, 0.1) is 6.54 Å². The molecule has 0 aliphatic carbocycles. The predicted molar refractivity (Wildman–Crippen MR) is 83.2 cm³/mol. The van der Waals surface area contributed by atoms with Gasteiger partial charge in [0.15, 0.2) is 5.78 Å². The van der Waals surface area contributed by atoms with Crippen molar-refractivity contribution in [2.75, 3.05) is 32.7 Å². The molecule has 0 aromatic heterocycles. The summed E-state index contributed by atoms with van der Waals surface area (Å²) in [6, 6.07) is 9.39. The Morgan fingerprint density at radius 3 is 2.24 bits per heavy atom. The van der Waals surface area contributed by atoms with Crippen LogP contribution >= 0.6 is 0 Å². The van der Waals surface area contributed by atoms with Gasteiger partial charge in [-0.25, -0.2) is 0 Å². The molecular weight excluding hydrogens is 264 g/mol. The monoisotopic (exact) mass is 288 g/mol. The summed E-state index contributed by atoms with van der Waals surface area (Å²) in [4.78, 5) is 28.2. The van der Waals surface area contributed by atoms with Gasteiger partial charge in [0.25, 0.3) is 0 Å². The minimum absolute atomic E-state index is 0.151. The van der Waals surface area contributed by atoms with Gasteiger partial charge in [-0.05, 0) is 5.92 Å². The highest BCUT2D eigenvalue weighted by atomic mass is 16.2. The first-order chi connectivity index (χ1) is 10.1. The minimum atomic E-state index is 0.151. The second kappa shape index (κ2) is 7.36. The highest BCUT2D eigenvalue weighted by molar-refractivity contribution is 5.97. The van der Waals surface area contributed by atoms with E-state index in [4.69, 9.17) is 0 Å². The molecule has 0 bridgehead atoms. The summed E-state index contributed by atoms with van der Waals surface area (Å²) >= 11 is 0. The van der Waals surface area contributed by atoms with Crippen molar-refractivity contribution in [1.82, 2.24) is 9.80 Å². The van der Waals surface area contributed by atoms with Crippen molar-refractivity contribution in [2.45, 2.75) is 20.3 Å². The Hall–Kier alpha value is -1.68. The second-order valence-corrected chi connectivity index (χ2v) is 6.04. The van der Waals surface area contributed by atoms with Crippen LogP contribution in [0.2, 0.25) is 0 Å². The third-order valence-electron chi connectivity index (χ3n) is 3.77. The molecule has 1 heterocycles. The smallest absolute Gasteiger partial charge is 0.222 e. The molecule has 1 aliphatic heterocycles. The van der Waals surface area contributed by atoms with Crippen LogP contribution in [0.4, 0.5) is 0 Å². The zero-order valence-electron chi connectivity index (χ0n) is 12.9. The van der Waals surface area contributed by atoms with Gasteiger partial charge in [-0.1, -0.05) is 44.2 Å². The normalized spacial score (nSPS) is 16.2. The van der Waals surface area contributed by atoms with E-state index in [2.05, 4.69) is 18.7 Å².